The van der Waals surface area contributed by atoms with Gasteiger partial charge in [-0.15, -0.1) is 0 Å². The molecule has 0 saturated carbocycles. The monoisotopic (exact) mass is 456 g/mol. The largest absolute Gasteiger partial charge is 0.454 e. The molecule has 0 aliphatic carbocycles. The first-order valence-electron chi connectivity index (χ1n) is 10.7. The molecule has 8 heteroatoms. The zero-order chi connectivity index (χ0) is 22.2. The fraction of sp³-hybridized carbons (Fsp3) is 0.160. The van der Waals surface area contributed by atoms with Crippen molar-refractivity contribution in [3.05, 3.63) is 77.3 Å². The quantitative estimate of drug-likeness (QED) is 0.420. The first-order valence-corrected chi connectivity index (χ1v) is 11.6. The summed E-state index contributed by atoms with van der Waals surface area (Å²) in [6.07, 6.45) is 3.78. The number of benzene rings is 2. The number of para-hydroxylation sites is 2. The molecule has 7 nitrogen and oxygen atoms in total. The number of rotatable bonds is 3. The second kappa shape index (κ2) is 8.38. The minimum absolute atomic E-state index is 0.232. The van der Waals surface area contributed by atoms with Gasteiger partial charge in [-0.05, 0) is 42.1 Å². The summed E-state index contributed by atoms with van der Waals surface area (Å²) in [4.78, 5) is 19.7. The van der Waals surface area contributed by atoms with Crippen LogP contribution in [0.3, 0.4) is 0 Å². The maximum atomic E-state index is 12.7. The zero-order valence-electron chi connectivity index (χ0n) is 17.7. The molecule has 1 fully saturated rings. The Morgan fingerprint density at radius 3 is 2.61 bits per heavy atom. The van der Waals surface area contributed by atoms with Gasteiger partial charge in [-0.3, -0.25) is 4.79 Å². The maximum absolute atomic E-state index is 12.7. The van der Waals surface area contributed by atoms with Gasteiger partial charge in [0.15, 0.2) is 10.9 Å². The first-order chi connectivity index (χ1) is 16.2. The molecule has 0 spiro atoms. The third kappa shape index (κ3) is 3.88. The van der Waals surface area contributed by atoms with E-state index in [4.69, 9.17) is 14.3 Å². The van der Waals surface area contributed by atoms with Gasteiger partial charge in [0.05, 0.1) is 23.8 Å². The van der Waals surface area contributed by atoms with Gasteiger partial charge in [0.2, 0.25) is 0 Å². The zero-order valence-corrected chi connectivity index (χ0v) is 18.5. The molecule has 2 aromatic carbocycles. The highest BCUT2D eigenvalue weighted by atomic mass is 32.2. The Kier molecular flexibility index (Phi) is 5.09. The Bertz CT molecular complexity index is 1360. The van der Waals surface area contributed by atoms with Crippen molar-refractivity contribution in [1.82, 2.24) is 14.7 Å². The van der Waals surface area contributed by atoms with Crippen molar-refractivity contribution in [3.8, 4) is 17.1 Å². The minimum Gasteiger partial charge on any atom is -0.454 e. The van der Waals surface area contributed by atoms with Crippen molar-refractivity contribution in [2.24, 2.45) is 4.99 Å². The molecule has 0 unspecified atom stereocenters. The molecular weight excluding hydrogens is 436 g/mol. The van der Waals surface area contributed by atoms with Crippen LogP contribution in [0.4, 0.5) is 0 Å². The molecule has 2 aliphatic heterocycles. The molecular formula is C25H20N4O3S. The van der Waals surface area contributed by atoms with Crippen molar-refractivity contribution in [1.29, 1.82) is 0 Å². The standard InChI is InChI=1S/C25H20N4O3S/c30-24-22(33-25(26-24)28-10-12-31-13-11-28)15-18-16-29(19-7-2-1-3-8-19)27-23(18)21-14-17-6-4-5-9-20(17)32-21/h1-9,14-16H,10-13H2/b22-15+. The van der Waals surface area contributed by atoms with Gasteiger partial charge in [-0.1, -0.05) is 36.4 Å². The predicted molar refractivity (Wildman–Crippen MR) is 129 cm³/mol. The second-order valence-electron chi connectivity index (χ2n) is 7.77. The van der Waals surface area contributed by atoms with Crippen molar-refractivity contribution < 1.29 is 13.9 Å². The average molecular weight is 457 g/mol. The van der Waals surface area contributed by atoms with Crippen LogP contribution in [0.5, 0.6) is 0 Å². The molecule has 4 heterocycles. The number of hydrogen-bond acceptors (Lipinski definition) is 6. The summed E-state index contributed by atoms with van der Waals surface area (Å²) >= 11 is 1.40. The van der Waals surface area contributed by atoms with Gasteiger partial charge in [0, 0.05) is 30.2 Å². The summed E-state index contributed by atoms with van der Waals surface area (Å²) in [6.45, 7) is 2.77. The SMILES string of the molecule is O=C1N=C(N2CCOCC2)S/C1=C/c1cn(-c2ccccc2)nc1-c1cc2ccccc2o1. The maximum Gasteiger partial charge on any atom is 0.286 e. The highest BCUT2D eigenvalue weighted by molar-refractivity contribution is 8.18. The van der Waals surface area contributed by atoms with Crippen LogP contribution in [0, 0.1) is 0 Å². The van der Waals surface area contributed by atoms with Gasteiger partial charge in [0.25, 0.3) is 5.91 Å². The van der Waals surface area contributed by atoms with E-state index in [0.29, 0.717) is 29.6 Å². The number of hydrogen-bond donors (Lipinski definition) is 0. The van der Waals surface area contributed by atoms with Crippen LogP contribution in [-0.2, 0) is 9.53 Å². The molecule has 0 bridgehead atoms. The second-order valence-corrected chi connectivity index (χ2v) is 8.78. The number of morpholine rings is 1. The Balaban J connectivity index is 1.40. The molecule has 2 aliphatic rings. The lowest BCUT2D eigenvalue weighted by Crippen LogP contribution is -2.38. The number of thioether (sulfide) groups is 1. The highest BCUT2D eigenvalue weighted by Gasteiger charge is 2.28. The van der Waals surface area contributed by atoms with Crippen LogP contribution in [0.1, 0.15) is 5.56 Å². The lowest BCUT2D eigenvalue weighted by Gasteiger charge is -2.27. The number of amidine groups is 1. The van der Waals surface area contributed by atoms with E-state index in [2.05, 4.69) is 9.89 Å². The van der Waals surface area contributed by atoms with E-state index in [1.54, 1.807) is 0 Å². The normalized spacial score (nSPS) is 17.8. The van der Waals surface area contributed by atoms with E-state index in [9.17, 15) is 4.79 Å². The lowest BCUT2D eigenvalue weighted by atomic mass is 10.2. The van der Waals surface area contributed by atoms with Gasteiger partial charge < -0.3 is 14.1 Å². The fourth-order valence-corrected chi connectivity index (χ4v) is 4.88. The third-order valence-corrected chi connectivity index (χ3v) is 6.64. The number of ether oxygens (including phenoxy) is 1. The van der Waals surface area contributed by atoms with E-state index in [1.165, 1.54) is 11.8 Å². The molecule has 2 aromatic heterocycles. The van der Waals surface area contributed by atoms with Crippen molar-refractivity contribution in [3.63, 3.8) is 0 Å². The number of aliphatic imine (C=N–C) groups is 1. The Morgan fingerprint density at radius 1 is 1.00 bits per heavy atom. The lowest BCUT2D eigenvalue weighted by molar-refractivity contribution is -0.113. The Hall–Kier alpha value is -3.62. The van der Waals surface area contributed by atoms with Crippen LogP contribution in [0.2, 0.25) is 0 Å². The number of carbonyl (C=O) groups excluding carboxylic acids is 1. The summed E-state index contributed by atoms with van der Waals surface area (Å²) in [7, 11) is 0. The smallest absolute Gasteiger partial charge is 0.286 e. The molecule has 0 atom stereocenters. The average Bonchev–Trinajstić information content (AvgIpc) is 3.57. The van der Waals surface area contributed by atoms with Crippen molar-refractivity contribution in [2.75, 3.05) is 26.3 Å². The predicted octanol–water partition coefficient (Wildman–Crippen LogP) is 4.59. The first kappa shape index (κ1) is 20.0. The fourth-order valence-electron chi connectivity index (χ4n) is 3.93. The van der Waals surface area contributed by atoms with Crippen LogP contribution < -0.4 is 0 Å². The molecule has 1 amide bonds. The van der Waals surface area contributed by atoms with E-state index >= 15 is 0 Å². The summed E-state index contributed by atoms with van der Waals surface area (Å²) in [5.74, 6) is 0.423. The van der Waals surface area contributed by atoms with Crippen LogP contribution >= 0.6 is 11.8 Å². The van der Waals surface area contributed by atoms with Crippen molar-refractivity contribution >= 4 is 39.9 Å². The van der Waals surface area contributed by atoms with Crippen LogP contribution in [0.25, 0.3) is 34.2 Å². The third-order valence-electron chi connectivity index (χ3n) is 5.60. The number of furan rings is 1. The Morgan fingerprint density at radius 2 is 1.79 bits per heavy atom. The van der Waals surface area contributed by atoms with E-state index in [0.717, 1.165) is 40.5 Å². The molecule has 33 heavy (non-hydrogen) atoms. The summed E-state index contributed by atoms with van der Waals surface area (Å²) < 4.78 is 13.3. The van der Waals surface area contributed by atoms with Crippen LogP contribution in [-0.4, -0.2) is 52.1 Å². The van der Waals surface area contributed by atoms with E-state index < -0.39 is 0 Å². The molecule has 1 saturated heterocycles. The number of carbonyl (C=O) groups is 1. The minimum atomic E-state index is -0.232. The number of aromatic nitrogens is 2. The molecule has 4 aromatic rings. The summed E-state index contributed by atoms with van der Waals surface area (Å²) in [6, 6.07) is 19.7. The number of nitrogens with zero attached hydrogens (tertiary/aromatic N) is 4. The summed E-state index contributed by atoms with van der Waals surface area (Å²) in [5.41, 5.74) is 3.20. The van der Waals surface area contributed by atoms with E-state index in [-0.39, 0.29) is 5.91 Å². The van der Waals surface area contributed by atoms with Crippen LogP contribution in [0.15, 0.2) is 81.2 Å². The molecule has 0 N–H and O–H groups in total. The van der Waals surface area contributed by atoms with Gasteiger partial charge >= 0.3 is 0 Å². The molecule has 6 rings (SSSR count). The van der Waals surface area contributed by atoms with Gasteiger partial charge in [0.1, 0.15) is 11.3 Å². The molecule has 0 radical (unpaired) electrons. The van der Waals surface area contributed by atoms with Crippen molar-refractivity contribution in [2.45, 2.75) is 0 Å². The number of amides is 1. The van der Waals surface area contributed by atoms with E-state index in [1.807, 2.05) is 77.6 Å². The van der Waals surface area contributed by atoms with Gasteiger partial charge in [-0.25, -0.2) is 4.68 Å². The van der Waals surface area contributed by atoms with Gasteiger partial charge in [-0.2, -0.15) is 10.1 Å². The summed E-state index contributed by atoms with van der Waals surface area (Å²) in [5, 5.41) is 6.55. The topological polar surface area (TPSA) is 72.9 Å². The Labute approximate surface area is 194 Å². The molecule has 164 valence electrons. The number of fused-ring (bicyclic) bond motifs is 1. The highest BCUT2D eigenvalue weighted by Crippen LogP contribution is 2.35.